The molecule has 10 heteroatoms. The molecule has 35 heavy (non-hydrogen) atoms. The van der Waals surface area contributed by atoms with Crippen molar-refractivity contribution in [3.8, 4) is 5.75 Å². The van der Waals surface area contributed by atoms with Crippen LogP contribution in [0.2, 0.25) is 0 Å². The van der Waals surface area contributed by atoms with Gasteiger partial charge in [0.25, 0.3) is 5.91 Å². The van der Waals surface area contributed by atoms with E-state index in [0.717, 1.165) is 34.6 Å². The maximum absolute atomic E-state index is 13.2. The zero-order chi connectivity index (χ0) is 25.3. The lowest BCUT2D eigenvalue weighted by molar-refractivity contribution is -0.133. The number of amides is 4. The van der Waals surface area contributed by atoms with Gasteiger partial charge in [-0.3, -0.25) is 14.5 Å². The highest BCUT2D eigenvalue weighted by Gasteiger charge is 2.49. The van der Waals surface area contributed by atoms with Crippen LogP contribution in [0.15, 0.2) is 24.3 Å². The Labute approximate surface area is 207 Å². The first-order valence-corrected chi connectivity index (χ1v) is 12.4. The van der Waals surface area contributed by atoms with Gasteiger partial charge in [-0.15, -0.1) is 11.3 Å². The van der Waals surface area contributed by atoms with E-state index in [-0.39, 0.29) is 6.61 Å². The molecule has 1 fully saturated rings. The average molecular weight is 500 g/mol. The molecule has 9 nitrogen and oxygen atoms in total. The molecular formula is C25H29N3O6S. The van der Waals surface area contributed by atoms with Crippen LogP contribution in [0.5, 0.6) is 5.75 Å². The summed E-state index contributed by atoms with van der Waals surface area (Å²) >= 11 is 1.36. The zero-order valence-electron chi connectivity index (χ0n) is 20.2. The largest absolute Gasteiger partial charge is 0.497 e. The van der Waals surface area contributed by atoms with Gasteiger partial charge in [-0.25, -0.2) is 9.59 Å². The van der Waals surface area contributed by atoms with Gasteiger partial charge in [0.05, 0.1) is 19.3 Å². The number of carbonyl (C=O) groups is 4. The Balaban J connectivity index is 1.53. The fraction of sp³-hybridized carbons (Fsp3) is 0.440. The maximum atomic E-state index is 13.2. The summed E-state index contributed by atoms with van der Waals surface area (Å²) in [6.07, 6.45) is 2.52. The minimum Gasteiger partial charge on any atom is -0.497 e. The van der Waals surface area contributed by atoms with E-state index >= 15 is 0 Å². The summed E-state index contributed by atoms with van der Waals surface area (Å²) in [5.41, 5.74) is 0.568. The second kappa shape index (κ2) is 9.69. The predicted octanol–water partition coefficient (Wildman–Crippen LogP) is 3.46. The van der Waals surface area contributed by atoms with Gasteiger partial charge in [-0.1, -0.05) is 19.1 Å². The summed E-state index contributed by atoms with van der Waals surface area (Å²) in [4.78, 5) is 53.4. The third-order valence-electron chi connectivity index (χ3n) is 6.49. The Morgan fingerprint density at radius 1 is 1.26 bits per heavy atom. The van der Waals surface area contributed by atoms with Crippen molar-refractivity contribution in [1.29, 1.82) is 0 Å². The summed E-state index contributed by atoms with van der Waals surface area (Å²) in [6.45, 7) is 5.23. The van der Waals surface area contributed by atoms with E-state index in [1.165, 1.54) is 18.4 Å². The molecule has 1 aromatic carbocycles. The van der Waals surface area contributed by atoms with Crippen molar-refractivity contribution in [2.24, 2.45) is 5.92 Å². The molecule has 2 heterocycles. The van der Waals surface area contributed by atoms with E-state index in [9.17, 15) is 19.2 Å². The number of carbonyl (C=O) groups excluding carboxylic acids is 4. The van der Waals surface area contributed by atoms with Crippen molar-refractivity contribution < 1.29 is 28.7 Å². The van der Waals surface area contributed by atoms with Gasteiger partial charge in [0, 0.05) is 4.88 Å². The molecule has 2 atom stereocenters. The Kier molecular flexibility index (Phi) is 6.84. The van der Waals surface area contributed by atoms with E-state index < -0.39 is 35.9 Å². The molecule has 4 rings (SSSR count). The van der Waals surface area contributed by atoms with Crippen LogP contribution in [0.25, 0.3) is 0 Å². The highest BCUT2D eigenvalue weighted by Crippen LogP contribution is 2.40. The number of hydrogen-bond acceptors (Lipinski definition) is 7. The molecule has 0 saturated carbocycles. The Morgan fingerprint density at radius 2 is 1.97 bits per heavy atom. The van der Waals surface area contributed by atoms with Crippen LogP contribution in [-0.2, 0) is 32.7 Å². The number of methoxy groups -OCH3 is 1. The van der Waals surface area contributed by atoms with Crippen molar-refractivity contribution in [2.75, 3.05) is 25.6 Å². The fourth-order valence-corrected chi connectivity index (χ4v) is 5.94. The number of imide groups is 1. The molecular weight excluding hydrogens is 470 g/mol. The lowest BCUT2D eigenvalue weighted by Gasteiger charge is -2.22. The fourth-order valence-electron chi connectivity index (χ4n) is 4.53. The quantitative estimate of drug-likeness (QED) is 0.446. The molecule has 2 N–H and O–H groups in total. The SMILES string of the molecule is CCOC(=O)c1c(NC(=O)CN2C(=O)NC(C)(c3ccc(OC)cc3)C2=O)sc2c1CCC(C)C2. The highest BCUT2D eigenvalue weighted by atomic mass is 32.1. The van der Waals surface area contributed by atoms with E-state index in [4.69, 9.17) is 9.47 Å². The molecule has 186 valence electrons. The first-order chi connectivity index (χ1) is 16.7. The third-order valence-corrected chi connectivity index (χ3v) is 7.66. The number of thiophene rings is 1. The van der Waals surface area contributed by atoms with Gasteiger partial charge in [0.2, 0.25) is 5.91 Å². The first-order valence-electron chi connectivity index (χ1n) is 11.6. The van der Waals surface area contributed by atoms with Crippen LogP contribution < -0.4 is 15.4 Å². The number of benzene rings is 1. The van der Waals surface area contributed by atoms with Crippen molar-refractivity contribution in [3.63, 3.8) is 0 Å². The number of ether oxygens (including phenoxy) is 2. The van der Waals surface area contributed by atoms with Crippen LogP contribution in [0.3, 0.4) is 0 Å². The van der Waals surface area contributed by atoms with Crippen molar-refractivity contribution >= 4 is 40.2 Å². The van der Waals surface area contributed by atoms with E-state index in [1.807, 2.05) is 0 Å². The summed E-state index contributed by atoms with van der Waals surface area (Å²) in [6, 6.07) is 6.14. The van der Waals surface area contributed by atoms with Gasteiger partial charge in [0.1, 0.15) is 22.8 Å². The number of fused-ring (bicyclic) bond motifs is 1. The molecule has 0 spiro atoms. The van der Waals surface area contributed by atoms with Crippen molar-refractivity contribution in [2.45, 2.75) is 45.6 Å². The van der Waals surface area contributed by atoms with Gasteiger partial charge in [0.15, 0.2) is 0 Å². The normalized spacial score (nSPS) is 21.4. The molecule has 4 amide bonds. The van der Waals surface area contributed by atoms with E-state index in [2.05, 4.69) is 17.6 Å². The molecule has 1 saturated heterocycles. The average Bonchev–Trinajstić information content (AvgIpc) is 3.28. The zero-order valence-corrected chi connectivity index (χ0v) is 21.0. The lowest BCUT2D eigenvalue weighted by Crippen LogP contribution is -2.42. The molecule has 2 aromatic rings. The van der Waals surface area contributed by atoms with Crippen LogP contribution in [0.4, 0.5) is 9.80 Å². The van der Waals surface area contributed by atoms with E-state index in [1.54, 1.807) is 38.1 Å². The number of anilines is 1. The Morgan fingerprint density at radius 3 is 2.63 bits per heavy atom. The number of hydrogen-bond donors (Lipinski definition) is 2. The number of rotatable bonds is 7. The number of esters is 1. The third kappa shape index (κ3) is 4.62. The van der Waals surface area contributed by atoms with Crippen LogP contribution in [0, 0.1) is 5.92 Å². The summed E-state index contributed by atoms with van der Waals surface area (Å²) in [5, 5.41) is 5.85. The summed E-state index contributed by atoms with van der Waals surface area (Å²) in [5.74, 6) is -0.466. The van der Waals surface area contributed by atoms with Crippen molar-refractivity contribution in [1.82, 2.24) is 10.2 Å². The maximum Gasteiger partial charge on any atom is 0.341 e. The molecule has 2 aliphatic rings. The molecule has 0 radical (unpaired) electrons. The molecule has 0 bridgehead atoms. The first kappa shape index (κ1) is 24.7. The smallest absolute Gasteiger partial charge is 0.341 e. The summed E-state index contributed by atoms with van der Waals surface area (Å²) in [7, 11) is 1.54. The van der Waals surface area contributed by atoms with Crippen LogP contribution in [0.1, 0.15) is 53.6 Å². The van der Waals surface area contributed by atoms with Gasteiger partial charge in [-0.05, 0) is 62.3 Å². The highest BCUT2D eigenvalue weighted by molar-refractivity contribution is 7.17. The van der Waals surface area contributed by atoms with Gasteiger partial charge < -0.3 is 20.1 Å². The Bertz CT molecular complexity index is 1170. The van der Waals surface area contributed by atoms with Gasteiger partial charge in [-0.2, -0.15) is 0 Å². The van der Waals surface area contributed by atoms with Crippen molar-refractivity contribution in [3.05, 3.63) is 45.8 Å². The standard InChI is InChI=1S/C25H29N3O6S/c1-5-34-22(30)20-17-11-6-14(2)12-18(17)35-21(20)26-19(29)13-28-23(31)25(3,27-24(28)32)15-7-9-16(33-4)10-8-15/h7-10,14H,5-6,11-13H2,1-4H3,(H,26,29)(H,27,32). The number of urea groups is 1. The van der Waals surface area contributed by atoms with Crippen LogP contribution in [-0.4, -0.2) is 49.0 Å². The second-order valence-electron chi connectivity index (χ2n) is 9.00. The molecule has 1 aromatic heterocycles. The molecule has 1 aliphatic carbocycles. The minimum atomic E-state index is -1.31. The lowest BCUT2D eigenvalue weighted by atomic mass is 9.88. The number of nitrogens with zero attached hydrogens (tertiary/aromatic N) is 1. The monoisotopic (exact) mass is 499 g/mol. The van der Waals surface area contributed by atoms with E-state index in [0.29, 0.717) is 27.8 Å². The predicted molar refractivity (Wildman–Crippen MR) is 131 cm³/mol. The molecule has 1 aliphatic heterocycles. The molecule has 2 unspecified atom stereocenters. The second-order valence-corrected chi connectivity index (χ2v) is 10.1. The van der Waals surface area contributed by atoms with Crippen LogP contribution >= 0.6 is 11.3 Å². The van der Waals surface area contributed by atoms with Gasteiger partial charge >= 0.3 is 12.0 Å². The Hall–Kier alpha value is -3.40. The number of nitrogens with one attached hydrogen (secondary N) is 2. The summed E-state index contributed by atoms with van der Waals surface area (Å²) < 4.78 is 10.4. The topological polar surface area (TPSA) is 114 Å². The minimum absolute atomic E-state index is 0.222.